The lowest BCUT2D eigenvalue weighted by molar-refractivity contribution is -0.115. The number of carbonyl (C=O) groups is 2. The zero-order valence-electron chi connectivity index (χ0n) is 15.6. The fraction of sp³-hybridized carbons (Fsp3) is 0.190. The Morgan fingerprint density at radius 2 is 2.04 bits per heavy atom. The van der Waals surface area contributed by atoms with Crippen molar-refractivity contribution in [3.63, 3.8) is 0 Å². The highest BCUT2D eigenvalue weighted by Crippen LogP contribution is 2.28. The smallest absolute Gasteiger partial charge is 0.231 e. The minimum Gasteiger partial charge on any atom is -0.493 e. The van der Waals surface area contributed by atoms with Crippen LogP contribution in [0.5, 0.6) is 11.5 Å². The van der Waals surface area contributed by atoms with Gasteiger partial charge in [0.1, 0.15) is 17.9 Å². The number of hydrogen-bond acceptors (Lipinski definition) is 6. The van der Waals surface area contributed by atoms with E-state index in [1.165, 1.54) is 18.4 Å². The number of ether oxygens (including phenoxy) is 2. The number of hydrogen-bond donors (Lipinski definition) is 1. The summed E-state index contributed by atoms with van der Waals surface area (Å²) in [5.41, 5.74) is 3.06. The Balaban J connectivity index is 1.58. The Kier molecular flexibility index (Phi) is 6.39. The van der Waals surface area contributed by atoms with Gasteiger partial charge >= 0.3 is 0 Å². The summed E-state index contributed by atoms with van der Waals surface area (Å²) in [6.45, 7) is 2.19. The lowest BCUT2D eigenvalue weighted by Gasteiger charge is -2.10. The molecule has 1 N–H and O–H groups in total. The highest BCUT2D eigenvalue weighted by molar-refractivity contribution is 7.09. The molecule has 3 aromatic rings. The summed E-state index contributed by atoms with van der Waals surface area (Å²) < 4.78 is 11.0. The van der Waals surface area contributed by atoms with E-state index in [9.17, 15) is 9.59 Å². The number of thiazole rings is 1. The molecule has 0 aliphatic heterocycles. The van der Waals surface area contributed by atoms with Crippen LogP contribution in [0.3, 0.4) is 0 Å². The number of carbonyl (C=O) groups excluding carboxylic acids is 2. The molecule has 1 heterocycles. The largest absolute Gasteiger partial charge is 0.493 e. The lowest BCUT2D eigenvalue weighted by Crippen LogP contribution is -2.15. The fourth-order valence-corrected chi connectivity index (χ4v) is 3.35. The molecule has 1 amide bonds. The standard InChI is InChI=1S/C21H20N2O4S/c1-14-5-3-4-6-17(14)23-20(25)10-21-22-16(13-28-21)12-27-18-8-7-15(11-24)9-19(18)26-2/h3-9,11,13H,10,12H2,1-2H3,(H,23,25). The van der Waals surface area contributed by atoms with Crippen LogP contribution in [0.2, 0.25) is 0 Å². The average Bonchev–Trinajstić information content (AvgIpc) is 3.15. The first kappa shape index (κ1) is 19.6. The number of aldehydes is 1. The van der Waals surface area contributed by atoms with E-state index >= 15 is 0 Å². The molecule has 0 spiro atoms. The first-order valence-corrected chi connectivity index (χ1v) is 9.52. The number of aromatic nitrogens is 1. The van der Waals surface area contributed by atoms with Crippen molar-refractivity contribution in [3.8, 4) is 11.5 Å². The molecule has 0 atom stereocenters. The van der Waals surface area contributed by atoms with Gasteiger partial charge in [-0.25, -0.2) is 4.98 Å². The van der Waals surface area contributed by atoms with Gasteiger partial charge in [0.2, 0.25) is 5.91 Å². The van der Waals surface area contributed by atoms with Gasteiger partial charge in [-0.2, -0.15) is 0 Å². The van der Waals surface area contributed by atoms with Crippen LogP contribution in [0.15, 0.2) is 47.8 Å². The second-order valence-electron chi connectivity index (χ2n) is 6.09. The highest BCUT2D eigenvalue weighted by Gasteiger charge is 2.11. The molecule has 0 bridgehead atoms. The van der Waals surface area contributed by atoms with E-state index in [1.54, 1.807) is 18.2 Å². The average molecular weight is 396 g/mol. The minimum atomic E-state index is -0.109. The van der Waals surface area contributed by atoms with Crippen molar-refractivity contribution in [1.29, 1.82) is 0 Å². The van der Waals surface area contributed by atoms with E-state index in [0.29, 0.717) is 22.1 Å². The van der Waals surface area contributed by atoms with Gasteiger partial charge in [-0.05, 0) is 36.8 Å². The number of rotatable bonds is 8. The zero-order chi connectivity index (χ0) is 19.9. The molecule has 0 radical (unpaired) electrons. The molecule has 0 aliphatic carbocycles. The number of amides is 1. The first-order valence-electron chi connectivity index (χ1n) is 8.64. The highest BCUT2D eigenvalue weighted by atomic mass is 32.1. The molecule has 144 valence electrons. The summed E-state index contributed by atoms with van der Waals surface area (Å²) in [6.07, 6.45) is 0.956. The molecule has 0 fully saturated rings. The molecule has 0 aliphatic rings. The summed E-state index contributed by atoms with van der Waals surface area (Å²) in [7, 11) is 1.52. The van der Waals surface area contributed by atoms with Crippen molar-refractivity contribution in [2.24, 2.45) is 0 Å². The molecule has 0 saturated heterocycles. The fourth-order valence-electron chi connectivity index (χ4n) is 2.57. The predicted molar refractivity (Wildman–Crippen MR) is 108 cm³/mol. The maximum atomic E-state index is 12.2. The molecule has 2 aromatic carbocycles. The molecule has 0 unspecified atom stereocenters. The van der Waals surface area contributed by atoms with Gasteiger partial charge in [-0.1, -0.05) is 18.2 Å². The number of benzene rings is 2. The van der Waals surface area contributed by atoms with Crippen LogP contribution in [-0.4, -0.2) is 24.3 Å². The third kappa shape index (κ3) is 4.95. The second-order valence-corrected chi connectivity index (χ2v) is 7.03. The molecule has 0 saturated carbocycles. The Bertz CT molecular complexity index is 984. The van der Waals surface area contributed by atoms with Crippen LogP contribution in [0.4, 0.5) is 5.69 Å². The SMILES string of the molecule is COc1cc(C=O)ccc1OCc1csc(CC(=O)Nc2ccccc2C)n1. The Hall–Kier alpha value is -3.19. The van der Waals surface area contributed by atoms with E-state index in [2.05, 4.69) is 10.3 Å². The quantitative estimate of drug-likeness (QED) is 0.582. The van der Waals surface area contributed by atoms with E-state index < -0.39 is 0 Å². The molecular weight excluding hydrogens is 376 g/mol. The van der Waals surface area contributed by atoms with Gasteiger partial charge in [-0.15, -0.1) is 11.3 Å². The van der Waals surface area contributed by atoms with Crippen LogP contribution in [-0.2, 0) is 17.8 Å². The monoisotopic (exact) mass is 396 g/mol. The number of aryl methyl sites for hydroxylation is 1. The molecule has 1 aromatic heterocycles. The summed E-state index contributed by atoms with van der Waals surface area (Å²) in [6, 6.07) is 12.6. The number of para-hydroxylation sites is 1. The van der Waals surface area contributed by atoms with E-state index in [1.807, 2.05) is 36.6 Å². The predicted octanol–water partition coefficient (Wildman–Crippen LogP) is 4.03. The van der Waals surface area contributed by atoms with Gasteiger partial charge in [-0.3, -0.25) is 9.59 Å². The number of nitrogens with one attached hydrogen (secondary N) is 1. The van der Waals surface area contributed by atoms with Gasteiger partial charge < -0.3 is 14.8 Å². The van der Waals surface area contributed by atoms with Crippen LogP contribution in [0.25, 0.3) is 0 Å². The van der Waals surface area contributed by atoms with Crippen molar-refractivity contribution in [2.75, 3.05) is 12.4 Å². The van der Waals surface area contributed by atoms with Crippen LogP contribution < -0.4 is 14.8 Å². The molecule has 7 heteroatoms. The third-order valence-electron chi connectivity index (χ3n) is 4.03. The summed E-state index contributed by atoms with van der Waals surface area (Å²) >= 11 is 1.41. The topological polar surface area (TPSA) is 77.5 Å². The lowest BCUT2D eigenvalue weighted by atomic mass is 10.2. The van der Waals surface area contributed by atoms with E-state index in [0.717, 1.165) is 23.2 Å². The maximum Gasteiger partial charge on any atom is 0.231 e. The van der Waals surface area contributed by atoms with E-state index in [-0.39, 0.29) is 18.9 Å². The van der Waals surface area contributed by atoms with Crippen molar-refractivity contribution in [1.82, 2.24) is 4.98 Å². The zero-order valence-corrected chi connectivity index (χ0v) is 16.4. The van der Waals surface area contributed by atoms with Crippen molar-refractivity contribution in [3.05, 3.63) is 69.7 Å². The Morgan fingerprint density at radius 1 is 1.21 bits per heavy atom. The Morgan fingerprint density at radius 3 is 2.79 bits per heavy atom. The van der Waals surface area contributed by atoms with Crippen molar-refractivity contribution in [2.45, 2.75) is 20.0 Å². The molecule has 28 heavy (non-hydrogen) atoms. The normalized spacial score (nSPS) is 10.4. The van der Waals surface area contributed by atoms with Crippen molar-refractivity contribution >= 4 is 29.2 Å². The summed E-state index contributed by atoms with van der Waals surface area (Å²) in [5.74, 6) is 0.903. The first-order chi connectivity index (χ1) is 13.6. The molecule has 6 nitrogen and oxygen atoms in total. The third-order valence-corrected chi connectivity index (χ3v) is 4.93. The molecule has 3 rings (SSSR count). The van der Waals surface area contributed by atoms with Crippen molar-refractivity contribution < 1.29 is 19.1 Å². The minimum absolute atomic E-state index is 0.109. The Labute approximate surface area is 167 Å². The molecular formula is C21H20N2O4S. The van der Waals surface area contributed by atoms with Crippen LogP contribution in [0, 0.1) is 6.92 Å². The van der Waals surface area contributed by atoms with Crippen LogP contribution in [0.1, 0.15) is 26.6 Å². The maximum absolute atomic E-state index is 12.2. The summed E-state index contributed by atoms with van der Waals surface area (Å²) in [5, 5.41) is 5.48. The number of methoxy groups -OCH3 is 1. The van der Waals surface area contributed by atoms with Gasteiger partial charge in [0.15, 0.2) is 11.5 Å². The van der Waals surface area contributed by atoms with Crippen LogP contribution >= 0.6 is 11.3 Å². The van der Waals surface area contributed by atoms with Gasteiger partial charge in [0.25, 0.3) is 0 Å². The van der Waals surface area contributed by atoms with Gasteiger partial charge in [0, 0.05) is 16.6 Å². The summed E-state index contributed by atoms with van der Waals surface area (Å²) in [4.78, 5) is 27.6. The second kappa shape index (κ2) is 9.14. The number of anilines is 1. The van der Waals surface area contributed by atoms with E-state index in [4.69, 9.17) is 9.47 Å². The van der Waals surface area contributed by atoms with Gasteiger partial charge in [0.05, 0.1) is 19.2 Å². The number of nitrogens with zero attached hydrogens (tertiary/aromatic N) is 1.